The van der Waals surface area contributed by atoms with Crippen LogP contribution in [-0.4, -0.2) is 47.3 Å². The Kier molecular flexibility index (Phi) is 3.75. The lowest BCUT2D eigenvalue weighted by Gasteiger charge is -2.14. The molecule has 0 aliphatic carbocycles. The summed E-state index contributed by atoms with van der Waals surface area (Å²) < 4.78 is 4.86. The van der Waals surface area contributed by atoms with Crippen molar-refractivity contribution in [2.45, 2.75) is 13.3 Å². The minimum atomic E-state index is -0.100. The molecule has 1 amide bonds. The van der Waals surface area contributed by atoms with Crippen molar-refractivity contribution < 1.29 is 14.4 Å². The fourth-order valence-corrected chi connectivity index (χ4v) is 2.02. The van der Waals surface area contributed by atoms with Crippen molar-refractivity contribution in [2.24, 2.45) is 5.92 Å². The maximum atomic E-state index is 11.7. The lowest BCUT2D eigenvalue weighted by molar-refractivity contribution is -0.117. The van der Waals surface area contributed by atoms with E-state index in [1.165, 1.54) is 0 Å². The number of hydrogen-bond donors (Lipinski definition) is 2. The number of hydrogen-bond acceptors (Lipinski definition) is 5. The quantitative estimate of drug-likeness (QED) is 0.786. The number of likely N-dealkylation sites (tertiary alicyclic amines) is 1. The van der Waals surface area contributed by atoms with Crippen LogP contribution in [-0.2, 0) is 4.79 Å². The van der Waals surface area contributed by atoms with Gasteiger partial charge in [0.25, 0.3) is 0 Å². The number of rotatable bonds is 4. The molecule has 1 atom stereocenters. The van der Waals surface area contributed by atoms with Crippen LogP contribution in [0.25, 0.3) is 0 Å². The Morgan fingerprint density at radius 3 is 3.18 bits per heavy atom. The number of nitrogens with zero attached hydrogens (tertiary/aromatic N) is 2. The molecule has 17 heavy (non-hydrogen) atoms. The van der Waals surface area contributed by atoms with Crippen molar-refractivity contribution >= 4 is 11.7 Å². The number of nitrogens with one attached hydrogen (secondary N) is 1. The Hall–Kier alpha value is -1.40. The minimum Gasteiger partial charge on any atom is -0.396 e. The standard InChI is InChI=1S/C11H17N3O3/c1-8-4-10(13-17-8)12-11(16)6-14-3-2-9(5-14)7-15/h4,9,15H,2-3,5-7H2,1H3,(H,12,13,16)/t9-/m1/s1. The number of aliphatic hydroxyl groups is 1. The van der Waals surface area contributed by atoms with Gasteiger partial charge in [0.2, 0.25) is 5.91 Å². The second kappa shape index (κ2) is 5.29. The first-order valence-corrected chi connectivity index (χ1v) is 5.73. The molecule has 6 nitrogen and oxygen atoms in total. The van der Waals surface area contributed by atoms with Crippen LogP contribution >= 0.6 is 0 Å². The van der Waals surface area contributed by atoms with Gasteiger partial charge in [0.15, 0.2) is 5.82 Å². The van der Waals surface area contributed by atoms with Crippen molar-refractivity contribution in [1.82, 2.24) is 10.1 Å². The predicted octanol–water partition coefficient (Wildman–Crippen LogP) is 0.236. The summed E-state index contributed by atoms with van der Waals surface area (Å²) in [4.78, 5) is 13.7. The third-order valence-corrected chi connectivity index (χ3v) is 2.89. The molecule has 0 aromatic carbocycles. The van der Waals surface area contributed by atoms with E-state index in [1.807, 2.05) is 4.90 Å². The first kappa shape index (κ1) is 12.1. The number of amides is 1. The molecule has 0 unspecified atom stereocenters. The van der Waals surface area contributed by atoms with E-state index in [4.69, 9.17) is 9.63 Å². The molecule has 1 saturated heterocycles. The Labute approximate surface area is 99.6 Å². The van der Waals surface area contributed by atoms with Crippen molar-refractivity contribution in [3.05, 3.63) is 11.8 Å². The molecule has 1 fully saturated rings. The molecular weight excluding hydrogens is 222 g/mol. The number of carbonyl (C=O) groups is 1. The summed E-state index contributed by atoms with van der Waals surface area (Å²) in [6, 6.07) is 1.68. The highest BCUT2D eigenvalue weighted by Gasteiger charge is 2.23. The van der Waals surface area contributed by atoms with E-state index in [9.17, 15) is 4.79 Å². The third kappa shape index (κ3) is 3.28. The Bertz CT molecular complexity index is 391. The van der Waals surface area contributed by atoms with Gasteiger partial charge in [-0.3, -0.25) is 9.69 Å². The number of aromatic nitrogens is 1. The highest BCUT2D eigenvalue weighted by atomic mass is 16.5. The molecule has 1 aliphatic heterocycles. The van der Waals surface area contributed by atoms with Gasteiger partial charge >= 0.3 is 0 Å². The van der Waals surface area contributed by atoms with Crippen LogP contribution in [0.4, 0.5) is 5.82 Å². The average molecular weight is 239 g/mol. The normalized spacial score (nSPS) is 20.7. The van der Waals surface area contributed by atoms with Crippen LogP contribution in [0.3, 0.4) is 0 Å². The summed E-state index contributed by atoms with van der Waals surface area (Å²) in [7, 11) is 0. The summed E-state index contributed by atoms with van der Waals surface area (Å²) >= 11 is 0. The van der Waals surface area contributed by atoms with E-state index in [1.54, 1.807) is 13.0 Å². The van der Waals surface area contributed by atoms with Crippen LogP contribution in [0.2, 0.25) is 0 Å². The number of anilines is 1. The van der Waals surface area contributed by atoms with E-state index in [0.29, 0.717) is 24.0 Å². The van der Waals surface area contributed by atoms with Crippen LogP contribution in [0.5, 0.6) is 0 Å². The molecule has 0 bridgehead atoms. The number of aryl methyl sites for hydroxylation is 1. The molecule has 0 saturated carbocycles. The minimum absolute atomic E-state index is 0.100. The molecule has 2 rings (SSSR count). The van der Waals surface area contributed by atoms with Crippen molar-refractivity contribution in [3.8, 4) is 0 Å². The second-order valence-electron chi connectivity index (χ2n) is 4.44. The van der Waals surface area contributed by atoms with E-state index in [-0.39, 0.29) is 12.5 Å². The van der Waals surface area contributed by atoms with Gasteiger partial charge in [-0.2, -0.15) is 0 Å². The van der Waals surface area contributed by atoms with E-state index >= 15 is 0 Å². The Morgan fingerprint density at radius 2 is 2.59 bits per heavy atom. The first-order valence-electron chi connectivity index (χ1n) is 5.73. The first-order chi connectivity index (χ1) is 8.17. The zero-order valence-electron chi connectivity index (χ0n) is 9.85. The maximum absolute atomic E-state index is 11.7. The summed E-state index contributed by atoms with van der Waals surface area (Å²) in [5.74, 6) is 1.32. The number of aliphatic hydroxyl groups excluding tert-OH is 1. The molecule has 1 aromatic heterocycles. The van der Waals surface area contributed by atoms with Gasteiger partial charge in [-0.15, -0.1) is 0 Å². The van der Waals surface area contributed by atoms with E-state index in [2.05, 4.69) is 10.5 Å². The highest BCUT2D eigenvalue weighted by Crippen LogP contribution is 2.15. The van der Waals surface area contributed by atoms with Crippen molar-refractivity contribution in [3.63, 3.8) is 0 Å². The predicted molar refractivity (Wildman–Crippen MR) is 61.5 cm³/mol. The van der Waals surface area contributed by atoms with Gasteiger partial charge in [0, 0.05) is 19.2 Å². The zero-order chi connectivity index (χ0) is 12.3. The summed E-state index contributed by atoms with van der Waals surface area (Å²) in [6.45, 7) is 3.94. The van der Waals surface area contributed by atoms with E-state index in [0.717, 1.165) is 19.5 Å². The van der Waals surface area contributed by atoms with Gasteiger partial charge in [-0.1, -0.05) is 5.16 Å². The van der Waals surface area contributed by atoms with Gasteiger partial charge < -0.3 is 14.9 Å². The molecular formula is C11H17N3O3. The Balaban J connectivity index is 1.78. The summed E-state index contributed by atoms with van der Waals surface area (Å²) in [6.07, 6.45) is 0.951. The molecule has 0 spiro atoms. The molecule has 2 heterocycles. The Morgan fingerprint density at radius 1 is 1.76 bits per heavy atom. The van der Waals surface area contributed by atoms with Gasteiger partial charge in [-0.25, -0.2) is 0 Å². The average Bonchev–Trinajstić information content (AvgIpc) is 2.88. The lowest BCUT2D eigenvalue weighted by atomic mass is 10.1. The van der Waals surface area contributed by atoms with Crippen molar-refractivity contribution in [2.75, 3.05) is 31.6 Å². The molecule has 2 N–H and O–H groups in total. The third-order valence-electron chi connectivity index (χ3n) is 2.89. The van der Waals surface area contributed by atoms with Crippen LogP contribution in [0, 0.1) is 12.8 Å². The summed E-state index contributed by atoms with van der Waals surface area (Å²) in [5, 5.41) is 15.4. The van der Waals surface area contributed by atoms with Crippen LogP contribution < -0.4 is 5.32 Å². The van der Waals surface area contributed by atoms with Crippen molar-refractivity contribution in [1.29, 1.82) is 0 Å². The highest BCUT2D eigenvalue weighted by molar-refractivity contribution is 5.91. The van der Waals surface area contributed by atoms with Crippen LogP contribution in [0.15, 0.2) is 10.6 Å². The molecule has 1 aliphatic rings. The van der Waals surface area contributed by atoms with Crippen LogP contribution in [0.1, 0.15) is 12.2 Å². The molecule has 94 valence electrons. The molecule has 6 heteroatoms. The fraction of sp³-hybridized carbons (Fsp3) is 0.636. The largest absolute Gasteiger partial charge is 0.396 e. The molecule has 1 aromatic rings. The van der Waals surface area contributed by atoms with Gasteiger partial charge in [0.1, 0.15) is 5.76 Å². The summed E-state index contributed by atoms with van der Waals surface area (Å²) in [5.41, 5.74) is 0. The smallest absolute Gasteiger partial charge is 0.239 e. The second-order valence-corrected chi connectivity index (χ2v) is 4.44. The van der Waals surface area contributed by atoms with Gasteiger partial charge in [0.05, 0.1) is 6.54 Å². The fourth-order valence-electron chi connectivity index (χ4n) is 2.02. The monoisotopic (exact) mass is 239 g/mol. The topological polar surface area (TPSA) is 78.6 Å². The van der Waals surface area contributed by atoms with E-state index < -0.39 is 0 Å². The maximum Gasteiger partial charge on any atom is 0.239 e. The number of carbonyl (C=O) groups excluding carboxylic acids is 1. The SMILES string of the molecule is Cc1cc(NC(=O)CN2CC[C@@H](CO)C2)no1. The lowest BCUT2D eigenvalue weighted by Crippen LogP contribution is -2.31. The van der Waals surface area contributed by atoms with Gasteiger partial charge in [-0.05, 0) is 25.8 Å². The molecule has 0 radical (unpaired) electrons. The zero-order valence-corrected chi connectivity index (χ0v) is 9.85.